The van der Waals surface area contributed by atoms with Crippen molar-refractivity contribution in [3.05, 3.63) is 101 Å². The lowest BCUT2D eigenvalue weighted by atomic mass is 9.98. The summed E-state index contributed by atoms with van der Waals surface area (Å²) in [7, 11) is 0. The molecule has 1 N–H and O–H groups in total. The first-order valence-electron chi connectivity index (χ1n) is 10.7. The van der Waals surface area contributed by atoms with Crippen molar-refractivity contribution in [2.75, 3.05) is 5.32 Å². The van der Waals surface area contributed by atoms with E-state index in [0.29, 0.717) is 33.7 Å². The quantitative estimate of drug-likeness (QED) is 0.316. The number of imidazole rings is 1. The van der Waals surface area contributed by atoms with Crippen molar-refractivity contribution in [1.82, 2.24) is 9.38 Å². The molecule has 2 heterocycles. The first-order chi connectivity index (χ1) is 16.6. The smallest absolute Gasteiger partial charge is 0.323 e. The highest BCUT2D eigenvalue weighted by molar-refractivity contribution is 5.98. The first kappa shape index (κ1) is 23.8. The number of ketones is 1. The Morgan fingerprint density at radius 2 is 1.86 bits per heavy atom. The Morgan fingerprint density at radius 1 is 1.06 bits per heavy atom. The topological polar surface area (TPSA) is 63.5 Å². The van der Waals surface area contributed by atoms with Crippen LogP contribution >= 0.6 is 0 Å². The molecule has 2 aromatic heterocycles. The Labute approximate surface area is 199 Å². The van der Waals surface area contributed by atoms with E-state index in [-0.39, 0.29) is 18.1 Å². The number of rotatable bonds is 4. The SMILES string of the molecule is CC(=O)Nc1cccn2c(C#Cc3cc(C(=O)Cc4cccc(C(F)(F)F)c4)ccc3C)cnc12. The Bertz CT molecular complexity index is 1510. The van der Waals surface area contributed by atoms with E-state index >= 15 is 0 Å². The van der Waals surface area contributed by atoms with Gasteiger partial charge in [0.2, 0.25) is 5.91 Å². The lowest BCUT2D eigenvalue weighted by Gasteiger charge is -2.09. The fourth-order valence-electron chi connectivity index (χ4n) is 3.60. The molecule has 5 nitrogen and oxygen atoms in total. The number of aromatic nitrogens is 2. The van der Waals surface area contributed by atoms with E-state index in [1.54, 1.807) is 47.1 Å². The maximum Gasteiger partial charge on any atom is 0.416 e. The van der Waals surface area contributed by atoms with Crippen LogP contribution in [-0.4, -0.2) is 21.1 Å². The summed E-state index contributed by atoms with van der Waals surface area (Å²) >= 11 is 0. The number of alkyl halides is 3. The molecule has 2 aromatic carbocycles. The average Bonchev–Trinajstić information content (AvgIpc) is 3.22. The summed E-state index contributed by atoms with van der Waals surface area (Å²) < 4.78 is 40.7. The number of pyridine rings is 1. The number of nitrogens with one attached hydrogen (secondary N) is 1. The maximum absolute atomic E-state index is 13.0. The zero-order valence-corrected chi connectivity index (χ0v) is 18.9. The van der Waals surface area contributed by atoms with E-state index in [9.17, 15) is 22.8 Å². The van der Waals surface area contributed by atoms with Crippen molar-refractivity contribution in [2.45, 2.75) is 26.4 Å². The van der Waals surface area contributed by atoms with Crippen molar-refractivity contribution in [2.24, 2.45) is 0 Å². The van der Waals surface area contributed by atoms with Crippen LogP contribution in [0, 0.1) is 18.8 Å². The fraction of sp³-hybridized carbons (Fsp3) is 0.148. The summed E-state index contributed by atoms with van der Waals surface area (Å²) in [6.07, 6.45) is -1.25. The molecule has 0 aliphatic carbocycles. The lowest BCUT2D eigenvalue weighted by molar-refractivity contribution is -0.137. The van der Waals surface area contributed by atoms with Crippen molar-refractivity contribution in [3.8, 4) is 11.8 Å². The van der Waals surface area contributed by atoms with Gasteiger partial charge in [0.15, 0.2) is 11.4 Å². The molecule has 35 heavy (non-hydrogen) atoms. The van der Waals surface area contributed by atoms with Crippen molar-refractivity contribution < 1.29 is 22.8 Å². The van der Waals surface area contributed by atoms with Gasteiger partial charge in [0, 0.05) is 30.7 Å². The maximum atomic E-state index is 13.0. The number of fused-ring (bicyclic) bond motifs is 1. The van der Waals surface area contributed by atoms with Gasteiger partial charge in [0.05, 0.1) is 17.4 Å². The largest absolute Gasteiger partial charge is 0.416 e. The van der Waals surface area contributed by atoms with E-state index in [4.69, 9.17) is 0 Å². The van der Waals surface area contributed by atoms with Crippen LogP contribution in [-0.2, 0) is 17.4 Å². The van der Waals surface area contributed by atoms with Crippen molar-refractivity contribution in [1.29, 1.82) is 0 Å². The molecule has 0 saturated carbocycles. The third-order valence-electron chi connectivity index (χ3n) is 5.35. The van der Waals surface area contributed by atoms with Crippen LogP contribution in [0.4, 0.5) is 18.9 Å². The van der Waals surface area contributed by atoms with Crippen LogP contribution in [0.25, 0.3) is 5.65 Å². The van der Waals surface area contributed by atoms with Gasteiger partial charge in [0.25, 0.3) is 0 Å². The Kier molecular flexibility index (Phi) is 6.43. The molecule has 0 aliphatic heterocycles. The van der Waals surface area contributed by atoms with Crippen LogP contribution in [0.1, 0.15) is 45.2 Å². The molecule has 0 saturated heterocycles. The van der Waals surface area contributed by atoms with E-state index < -0.39 is 11.7 Å². The van der Waals surface area contributed by atoms with E-state index in [1.165, 1.54) is 19.1 Å². The zero-order valence-electron chi connectivity index (χ0n) is 18.9. The lowest BCUT2D eigenvalue weighted by Crippen LogP contribution is -2.08. The summed E-state index contributed by atoms with van der Waals surface area (Å²) in [4.78, 5) is 28.5. The monoisotopic (exact) mass is 475 g/mol. The number of Topliss-reactive ketones (excluding diaryl/α,β-unsaturated/α-hetero) is 1. The minimum atomic E-state index is -4.47. The summed E-state index contributed by atoms with van der Waals surface area (Å²) in [5, 5.41) is 2.73. The second kappa shape index (κ2) is 9.47. The molecule has 4 aromatic rings. The van der Waals surface area contributed by atoms with Gasteiger partial charge in [-0.15, -0.1) is 0 Å². The second-order valence-electron chi connectivity index (χ2n) is 8.02. The second-order valence-corrected chi connectivity index (χ2v) is 8.02. The predicted octanol–water partition coefficient (Wildman–Crippen LogP) is 5.45. The molecule has 4 rings (SSSR count). The minimum absolute atomic E-state index is 0.154. The molecule has 8 heteroatoms. The van der Waals surface area contributed by atoms with Gasteiger partial charge >= 0.3 is 6.18 Å². The van der Waals surface area contributed by atoms with Crippen LogP contribution in [0.2, 0.25) is 0 Å². The normalized spacial score (nSPS) is 11.1. The van der Waals surface area contributed by atoms with E-state index in [0.717, 1.165) is 17.7 Å². The molecule has 0 unspecified atom stereocenters. The van der Waals surface area contributed by atoms with Gasteiger partial charge < -0.3 is 5.32 Å². The molecule has 0 radical (unpaired) electrons. The molecule has 0 aliphatic rings. The highest BCUT2D eigenvalue weighted by Gasteiger charge is 2.30. The third kappa shape index (κ3) is 5.41. The number of benzene rings is 2. The molecule has 0 spiro atoms. The number of halogens is 3. The van der Waals surface area contributed by atoms with E-state index in [2.05, 4.69) is 22.1 Å². The number of nitrogens with zero attached hydrogens (tertiary/aromatic N) is 2. The summed E-state index contributed by atoms with van der Waals surface area (Å²) in [5.74, 6) is 5.59. The Balaban J connectivity index is 1.60. The first-order valence-corrected chi connectivity index (χ1v) is 10.7. The molecular formula is C27H20F3N3O2. The van der Waals surface area contributed by atoms with Crippen molar-refractivity contribution in [3.63, 3.8) is 0 Å². The van der Waals surface area contributed by atoms with Gasteiger partial charge in [-0.2, -0.15) is 13.2 Å². The average molecular weight is 475 g/mol. The highest BCUT2D eigenvalue weighted by Crippen LogP contribution is 2.29. The zero-order chi connectivity index (χ0) is 25.2. The summed E-state index contributed by atoms with van der Waals surface area (Å²) in [6.45, 7) is 3.27. The van der Waals surface area contributed by atoms with Crippen LogP contribution in [0.5, 0.6) is 0 Å². The molecule has 0 bridgehead atoms. The number of hydrogen-bond donors (Lipinski definition) is 1. The predicted molar refractivity (Wildman–Crippen MR) is 126 cm³/mol. The summed E-state index contributed by atoms with van der Waals surface area (Å²) in [6, 6.07) is 13.3. The van der Waals surface area contributed by atoms with Gasteiger partial charge in [-0.3, -0.25) is 14.0 Å². The minimum Gasteiger partial charge on any atom is -0.323 e. The Morgan fingerprint density at radius 3 is 2.60 bits per heavy atom. The number of hydrogen-bond acceptors (Lipinski definition) is 3. The Hall–Kier alpha value is -4.38. The number of anilines is 1. The third-order valence-corrected chi connectivity index (χ3v) is 5.35. The van der Waals surface area contributed by atoms with Crippen LogP contribution in [0.3, 0.4) is 0 Å². The van der Waals surface area contributed by atoms with E-state index in [1.807, 2.05) is 6.92 Å². The molecule has 176 valence electrons. The summed E-state index contributed by atoms with van der Waals surface area (Å²) in [5.41, 5.74) is 3.04. The number of amides is 1. The fourth-order valence-corrected chi connectivity index (χ4v) is 3.60. The van der Waals surface area contributed by atoms with Gasteiger partial charge in [-0.25, -0.2) is 4.98 Å². The highest BCUT2D eigenvalue weighted by atomic mass is 19.4. The van der Waals surface area contributed by atoms with Crippen molar-refractivity contribution >= 4 is 23.0 Å². The molecular weight excluding hydrogens is 455 g/mol. The van der Waals surface area contributed by atoms with Crippen LogP contribution in [0.15, 0.2) is 67.0 Å². The van der Waals surface area contributed by atoms with Gasteiger partial charge in [-0.1, -0.05) is 36.3 Å². The number of carbonyl (C=O) groups excluding carboxylic acids is 2. The number of carbonyl (C=O) groups is 2. The number of aryl methyl sites for hydroxylation is 1. The van der Waals surface area contributed by atoms with Gasteiger partial charge in [0.1, 0.15) is 5.69 Å². The molecule has 0 atom stereocenters. The van der Waals surface area contributed by atoms with Crippen LogP contribution < -0.4 is 5.32 Å². The standard InChI is InChI=1S/C27H20F3N3O2/c1-17-8-9-21(25(35)14-19-5-3-6-22(13-19)27(28,29)30)15-20(17)10-11-23-16-31-26-24(32-18(2)34)7-4-12-33(23)26/h3-9,12-13,15-16H,14H2,1-2H3,(H,32,34). The van der Waals surface area contributed by atoms with Gasteiger partial charge in [-0.05, 0) is 48.2 Å². The molecule has 1 amide bonds. The molecule has 0 fully saturated rings.